The third-order valence-corrected chi connectivity index (χ3v) is 9.64. The van der Waals surface area contributed by atoms with Crippen molar-refractivity contribution in [3.63, 3.8) is 0 Å². The highest BCUT2D eigenvalue weighted by Crippen LogP contribution is 2.43. The van der Waals surface area contributed by atoms with Crippen LogP contribution >= 0.6 is 7.82 Å². The summed E-state index contributed by atoms with van der Waals surface area (Å²) in [5, 5.41) is 10.0. The van der Waals surface area contributed by atoms with Gasteiger partial charge < -0.3 is 25.2 Å². The summed E-state index contributed by atoms with van der Waals surface area (Å²) >= 11 is 0. The predicted octanol–water partition coefficient (Wildman–Crippen LogP) is 11.2. The Bertz CT molecular complexity index is 1160. The lowest BCUT2D eigenvalue weighted by Crippen LogP contribution is -2.29. The zero-order chi connectivity index (χ0) is 41.2. The third kappa shape index (κ3) is 39.6. The molecule has 0 rings (SSSR count). The summed E-state index contributed by atoms with van der Waals surface area (Å²) in [5.41, 5.74) is 5.34. The Balaban J connectivity index is 4.33. The fraction of sp³-hybridized carbons (Fsp3) is 0.689. The second kappa shape index (κ2) is 40.6. The van der Waals surface area contributed by atoms with Gasteiger partial charge in [0.05, 0.1) is 19.3 Å². The van der Waals surface area contributed by atoms with Crippen LogP contribution in [0.1, 0.15) is 162 Å². The van der Waals surface area contributed by atoms with Crippen LogP contribution < -0.4 is 5.73 Å². The maximum absolute atomic E-state index is 12.6. The number of rotatable bonds is 39. The van der Waals surface area contributed by atoms with E-state index in [0.29, 0.717) is 25.7 Å². The van der Waals surface area contributed by atoms with Crippen LogP contribution in [0.2, 0.25) is 0 Å². The Morgan fingerprint density at radius 1 is 0.643 bits per heavy atom. The Morgan fingerprint density at radius 3 is 1.89 bits per heavy atom. The quantitative estimate of drug-likeness (QED) is 0.0180. The summed E-state index contributed by atoms with van der Waals surface area (Å²) in [7, 11) is -4.41. The Labute approximate surface area is 340 Å². The number of hydrogen-bond donors (Lipinski definition) is 3. The number of nitrogens with two attached hydrogens (primary N) is 1. The van der Waals surface area contributed by atoms with Gasteiger partial charge in [0.1, 0.15) is 6.61 Å². The molecular weight excluding hydrogens is 729 g/mol. The number of unbranched alkanes of at least 4 members (excludes halogenated alkanes) is 14. The van der Waals surface area contributed by atoms with E-state index in [1.54, 1.807) is 6.08 Å². The molecule has 0 saturated carbocycles. The largest absolute Gasteiger partial charge is 0.472 e. The van der Waals surface area contributed by atoms with Crippen molar-refractivity contribution >= 4 is 19.8 Å². The van der Waals surface area contributed by atoms with E-state index in [0.717, 1.165) is 44.9 Å². The van der Waals surface area contributed by atoms with E-state index in [1.807, 2.05) is 36.5 Å². The fourth-order valence-corrected chi connectivity index (χ4v) is 6.22. The standard InChI is InChI=1S/C45H78NO9P/c1-3-5-7-9-11-12-13-14-15-16-17-18-19-20-25-29-33-37-45(49)55-43(41-54-56(50,51)53-39-38-46)40-52-44(48)36-32-28-24-22-21-23-27-31-35-42(47)34-30-26-10-8-6-4-2/h6,8,14-15,22-24,26-27,30-31,35,42-43,47H,3-5,7,9-13,16-21,25,28-29,32-34,36-41,46H2,1-2H3,(H,50,51)/b8-6-,15-14-,24-22-,27-23-,30-26-,35-31+/t42?,43-/m1/s1. The molecule has 0 spiro atoms. The van der Waals surface area contributed by atoms with Crippen LogP contribution in [0.15, 0.2) is 72.9 Å². The normalized spacial score (nSPS) is 14.6. The maximum Gasteiger partial charge on any atom is 0.472 e. The van der Waals surface area contributed by atoms with Gasteiger partial charge in [-0.25, -0.2) is 4.57 Å². The van der Waals surface area contributed by atoms with E-state index in [4.69, 9.17) is 24.3 Å². The number of aliphatic hydroxyl groups excluding tert-OH is 1. The van der Waals surface area contributed by atoms with Gasteiger partial charge in [0.2, 0.25) is 0 Å². The molecule has 0 amide bonds. The minimum absolute atomic E-state index is 0.0328. The highest BCUT2D eigenvalue weighted by molar-refractivity contribution is 7.47. The van der Waals surface area contributed by atoms with Gasteiger partial charge in [0.25, 0.3) is 0 Å². The first-order valence-electron chi connectivity index (χ1n) is 21.5. The lowest BCUT2D eigenvalue weighted by molar-refractivity contribution is -0.161. The average Bonchev–Trinajstić information content (AvgIpc) is 3.18. The van der Waals surface area contributed by atoms with Crippen LogP contribution in [-0.2, 0) is 32.7 Å². The average molecular weight is 808 g/mol. The Morgan fingerprint density at radius 2 is 1.21 bits per heavy atom. The highest BCUT2D eigenvalue weighted by Gasteiger charge is 2.26. The monoisotopic (exact) mass is 808 g/mol. The molecule has 0 heterocycles. The summed E-state index contributed by atoms with van der Waals surface area (Å²) in [6, 6.07) is 0. The summed E-state index contributed by atoms with van der Waals surface area (Å²) in [6.07, 6.45) is 45.4. The van der Waals surface area contributed by atoms with Crippen molar-refractivity contribution in [1.82, 2.24) is 0 Å². The van der Waals surface area contributed by atoms with Crippen molar-refractivity contribution in [1.29, 1.82) is 0 Å². The van der Waals surface area contributed by atoms with Gasteiger partial charge in [-0.1, -0.05) is 151 Å². The molecule has 0 saturated heterocycles. The number of phosphoric acid groups is 1. The van der Waals surface area contributed by atoms with Crippen LogP contribution in [0, 0.1) is 0 Å². The molecule has 0 aromatic heterocycles. The maximum atomic E-state index is 12.6. The number of allylic oxidation sites excluding steroid dienone is 10. The van der Waals surface area contributed by atoms with Crippen molar-refractivity contribution in [2.45, 2.75) is 174 Å². The van der Waals surface area contributed by atoms with Gasteiger partial charge >= 0.3 is 19.8 Å². The number of ether oxygens (including phenoxy) is 2. The lowest BCUT2D eigenvalue weighted by atomic mass is 10.1. The third-order valence-electron chi connectivity index (χ3n) is 8.66. The lowest BCUT2D eigenvalue weighted by Gasteiger charge is -2.19. The van der Waals surface area contributed by atoms with Gasteiger partial charge in [-0.2, -0.15) is 0 Å². The zero-order valence-electron chi connectivity index (χ0n) is 35.0. The van der Waals surface area contributed by atoms with Crippen molar-refractivity contribution < 1.29 is 42.7 Å². The van der Waals surface area contributed by atoms with Crippen LogP contribution in [0.4, 0.5) is 0 Å². The molecule has 56 heavy (non-hydrogen) atoms. The van der Waals surface area contributed by atoms with Crippen molar-refractivity contribution in [2.24, 2.45) is 5.73 Å². The van der Waals surface area contributed by atoms with E-state index < -0.39 is 38.6 Å². The molecular formula is C45H78NO9P. The number of esters is 2. The molecule has 3 atom stereocenters. The smallest absolute Gasteiger partial charge is 0.462 e. The topological polar surface area (TPSA) is 155 Å². The molecule has 0 aromatic carbocycles. The summed E-state index contributed by atoms with van der Waals surface area (Å²) in [5.74, 6) is -0.946. The Hall–Kier alpha value is -2.59. The summed E-state index contributed by atoms with van der Waals surface area (Å²) in [4.78, 5) is 34.8. The number of aliphatic hydroxyl groups is 1. The zero-order valence-corrected chi connectivity index (χ0v) is 35.8. The summed E-state index contributed by atoms with van der Waals surface area (Å²) in [6.45, 7) is 3.44. The summed E-state index contributed by atoms with van der Waals surface area (Å²) < 4.78 is 32.7. The highest BCUT2D eigenvalue weighted by atomic mass is 31.2. The van der Waals surface area contributed by atoms with E-state index in [2.05, 4.69) is 44.2 Å². The second-order valence-corrected chi connectivity index (χ2v) is 15.5. The van der Waals surface area contributed by atoms with Gasteiger partial charge in [0.15, 0.2) is 6.10 Å². The van der Waals surface area contributed by atoms with Crippen LogP contribution in [0.25, 0.3) is 0 Å². The van der Waals surface area contributed by atoms with E-state index in [1.165, 1.54) is 64.2 Å². The molecule has 0 aromatic rings. The first-order valence-corrected chi connectivity index (χ1v) is 23.0. The molecule has 11 heteroatoms. The first-order chi connectivity index (χ1) is 27.2. The van der Waals surface area contributed by atoms with Gasteiger partial charge in [-0.3, -0.25) is 18.6 Å². The molecule has 10 nitrogen and oxygen atoms in total. The van der Waals surface area contributed by atoms with Crippen molar-refractivity contribution in [3.8, 4) is 0 Å². The molecule has 322 valence electrons. The first kappa shape index (κ1) is 53.4. The molecule has 2 unspecified atom stereocenters. The predicted molar refractivity (Wildman–Crippen MR) is 230 cm³/mol. The van der Waals surface area contributed by atoms with Crippen molar-refractivity contribution in [3.05, 3.63) is 72.9 Å². The molecule has 0 aliphatic carbocycles. The Kier molecular flexibility index (Phi) is 38.7. The van der Waals surface area contributed by atoms with Gasteiger partial charge in [0, 0.05) is 19.4 Å². The molecule has 0 radical (unpaired) electrons. The minimum Gasteiger partial charge on any atom is -0.462 e. The second-order valence-electron chi connectivity index (χ2n) is 14.0. The van der Waals surface area contributed by atoms with E-state index in [9.17, 15) is 24.2 Å². The van der Waals surface area contributed by atoms with E-state index in [-0.39, 0.29) is 32.6 Å². The van der Waals surface area contributed by atoms with Crippen LogP contribution in [0.5, 0.6) is 0 Å². The molecule has 4 N–H and O–H groups in total. The number of phosphoric ester groups is 1. The molecule has 0 aliphatic rings. The van der Waals surface area contributed by atoms with E-state index >= 15 is 0 Å². The molecule has 0 aliphatic heterocycles. The molecule has 0 bridgehead atoms. The van der Waals surface area contributed by atoms with Crippen LogP contribution in [-0.4, -0.2) is 60.5 Å². The van der Waals surface area contributed by atoms with Crippen molar-refractivity contribution in [2.75, 3.05) is 26.4 Å². The number of hydrogen-bond acceptors (Lipinski definition) is 9. The van der Waals surface area contributed by atoms with Gasteiger partial charge in [-0.15, -0.1) is 0 Å². The molecule has 0 fully saturated rings. The SMILES string of the molecule is CC/C=C\C/C=C\CC(O)/C=C/C=C\C/C=C\CCCC(=O)OC[C@H](COP(=O)(O)OCCN)OC(=O)CCCCCCCCC/C=C\CCCCCCCC. The minimum atomic E-state index is -4.41. The van der Waals surface area contributed by atoms with Gasteiger partial charge in [-0.05, 0) is 70.6 Å². The number of carbonyl (C=O) groups excluding carboxylic acids is 2. The number of carbonyl (C=O) groups is 2. The fourth-order valence-electron chi connectivity index (χ4n) is 5.45. The van der Waals surface area contributed by atoms with Crippen LogP contribution in [0.3, 0.4) is 0 Å².